The molecule has 104 valence electrons. The largest absolute Gasteiger partial charge is 0.396 e. The first-order chi connectivity index (χ1) is 9.31. The SMILES string of the molecule is O=C(NCCCCCO)c1ccc2c(c1)CCNC2. The maximum Gasteiger partial charge on any atom is 0.251 e. The Morgan fingerprint density at radius 1 is 1.26 bits per heavy atom. The van der Waals surface area contributed by atoms with Crippen molar-refractivity contribution in [1.29, 1.82) is 0 Å². The smallest absolute Gasteiger partial charge is 0.251 e. The lowest BCUT2D eigenvalue weighted by Crippen LogP contribution is -2.26. The molecule has 0 aromatic heterocycles. The van der Waals surface area contributed by atoms with Crippen LogP contribution in [0, 0.1) is 0 Å². The van der Waals surface area contributed by atoms with Crippen molar-refractivity contribution in [1.82, 2.24) is 10.6 Å². The molecule has 1 heterocycles. The summed E-state index contributed by atoms with van der Waals surface area (Å²) in [6, 6.07) is 5.95. The quantitative estimate of drug-likeness (QED) is 0.676. The van der Waals surface area contributed by atoms with E-state index >= 15 is 0 Å². The van der Waals surface area contributed by atoms with Crippen molar-refractivity contribution in [2.75, 3.05) is 19.7 Å². The first-order valence-corrected chi connectivity index (χ1v) is 7.03. The summed E-state index contributed by atoms with van der Waals surface area (Å²) in [6.45, 7) is 2.79. The molecule has 0 fully saturated rings. The van der Waals surface area contributed by atoms with E-state index in [0.29, 0.717) is 6.54 Å². The molecule has 0 aliphatic carbocycles. The Kier molecular flexibility index (Phi) is 5.36. The second-order valence-electron chi connectivity index (χ2n) is 4.95. The summed E-state index contributed by atoms with van der Waals surface area (Å²) in [5, 5.41) is 14.9. The predicted molar refractivity (Wildman–Crippen MR) is 75.1 cm³/mol. The first-order valence-electron chi connectivity index (χ1n) is 7.03. The minimum absolute atomic E-state index is 0.00494. The molecular formula is C15H22N2O2. The second-order valence-corrected chi connectivity index (χ2v) is 4.95. The van der Waals surface area contributed by atoms with E-state index in [2.05, 4.69) is 10.6 Å². The molecular weight excluding hydrogens is 240 g/mol. The van der Waals surface area contributed by atoms with Gasteiger partial charge < -0.3 is 15.7 Å². The molecule has 1 aliphatic heterocycles. The lowest BCUT2D eigenvalue weighted by Gasteiger charge is -2.17. The van der Waals surface area contributed by atoms with Crippen molar-refractivity contribution in [2.24, 2.45) is 0 Å². The van der Waals surface area contributed by atoms with Crippen LogP contribution in [0.25, 0.3) is 0 Å². The van der Waals surface area contributed by atoms with Crippen LogP contribution in [0.5, 0.6) is 0 Å². The molecule has 4 heteroatoms. The van der Waals surface area contributed by atoms with Crippen LogP contribution < -0.4 is 10.6 Å². The normalized spacial score (nSPS) is 13.9. The van der Waals surface area contributed by atoms with Gasteiger partial charge in [0.05, 0.1) is 0 Å². The Morgan fingerprint density at radius 3 is 3.00 bits per heavy atom. The summed E-state index contributed by atoms with van der Waals surface area (Å²) in [4.78, 5) is 12.0. The number of amides is 1. The number of hydrogen-bond donors (Lipinski definition) is 3. The van der Waals surface area contributed by atoms with Gasteiger partial charge >= 0.3 is 0 Å². The standard InChI is InChI=1S/C15H22N2O2/c18-9-3-1-2-7-17-15(19)13-4-5-14-11-16-8-6-12(14)10-13/h4-5,10,16,18H,1-3,6-9,11H2,(H,17,19). The number of rotatable bonds is 6. The minimum Gasteiger partial charge on any atom is -0.396 e. The fraction of sp³-hybridized carbons (Fsp3) is 0.533. The Labute approximate surface area is 114 Å². The van der Waals surface area contributed by atoms with Gasteiger partial charge in [-0.25, -0.2) is 0 Å². The van der Waals surface area contributed by atoms with Gasteiger partial charge in [-0.05, 0) is 55.5 Å². The molecule has 4 nitrogen and oxygen atoms in total. The van der Waals surface area contributed by atoms with Crippen LogP contribution in [0.15, 0.2) is 18.2 Å². The Bertz CT molecular complexity index is 432. The van der Waals surface area contributed by atoms with Crippen molar-refractivity contribution in [2.45, 2.75) is 32.2 Å². The third kappa shape index (κ3) is 4.04. The highest BCUT2D eigenvalue weighted by atomic mass is 16.2. The number of aliphatic hydroxyl groups is 1. The summed E-state index contributed by atoms with van der Waals surface area (Å²) in [5.41, 5.74) is 3.33. The van der Waals surface area contributed by atoms with Crippen molar-refractivity contribution >= 4 is 5.91 Å². The van der Waals surface area contributed by atoms with Crippen LogP contribution in [-0.4, -0.2) is 30.7 Å². The molecule has 0 bridgehead atoms. The van der Waals surface area contributed by atoms with E-state index in [0.717, 1.165) is 44.3 Å². The minimum atomic E-state index is 0.00494. The Hall–Kier alpha value is -1.39. The van der Waals surface area contributed by atoms with Crippen molar-refractivity contribution in [3.05, 3.63) is 34.9 Å². The maximum absolute atomic E-state index is 12.0. The molecule has 2 rings (SSSR count). The first kappa shape index (κ1) is 14.0. The van der Waals surface area contributed by atoms with Gasteiger partial charge in [0.2, 0.25) is 0 Å². The van der Waals surface area contributed by atoms with Gasteiger partial charge in [-0.1, -0.05) is 6.07 Å². The molecule has 19 heavy (non-hydrogen) atoms. The zero-order valence-electron chi connectivity index (χ0n) is 11.2. The number of unbranched alkanes of at least 4 members (excludes halogenated alkanes) is 2. The number of fused-ring (bicyclic) bond motifs is 1. The van der Waals surface area contributed by atoms with E-state index < -0.39 is 0 Å². The number of benzene rings is 1. The lowest BCUT2D eigenvalue weighted by molar-refractivity contribution is 0.0952. The molecule has 0 spiro atoms. The number of aliphatic hydroxyl groups excluding tert-OH is 1. The molecule has 1 aromatic rings. The number of nitrogens with one attached hydrogen (secondary N) is 2. The second kappa shape index (κ2) is 7.26. The number of carbonyl (C=O) groups excluding carboxylic acids is 1. The van der Waals surface area contributed by atoms with E-state index in [1.54, 1.807) is 0 Å². The van der Waals surface area contributed by atoms with Crippen LogP contribution >= 0.6 is 0 Å². The Morgan fingerprint density at radius 2 is 2.16 bits per heavy atom. The number of hydrogen-bond acceptors (Lipinski definition) is 3. The highest BCUT2D eigenvalue weighted by Crippen LogP contribution is 2.15. The Balaban J connectivity index is 1.85. The van der Waals surface area contributed by atoms with Gasteiger partial charge in [0, 0.05) is 25.3 Å². The third-order valence-electron chi connectivity index (χ3n) is 3.48. The van der Waals surface area contributed by atoms with Crippen molar-refractivity contribution < 1.29 is 9.90 Å². The van der Waals surface area contributed by atoms with E-state index in [4.69, 9.17) is 5.11 Å². The van der Waals surface area contributed by atoms with Gasteiger partial charge in [0.1, 0.15) is 0 Å². The zero-order valence-corrected chi connectivity index (χ0v) is 11.2. The molecule has 0 unspecified atom stereocenters. The summed E-state index contributed by atoms with van der Waals surface area (Å²) in [6.07, 6.45) is 3.67. The van der Waals surface area contributed by atoms with Crippen LogP contribution in [0.2, 0.25) is 0 Å². The topological polar surface area (TPSA) is 61.4 Å². The molecule has 1 aromatic carbocycles. The summed E-state index contributed by atoms with van der Waals surface area (Å²) < 4.78 is 0. The van der Waals surface area contributed by atoms with Gasteiger partial charge in [0.25, 0.3) is 5.91 Å². The van der Waals surface area contributed by atoms with Crippen molar-refractivity contribution in [3.63, 3.8) is 0 Å². The molecule has 0 atom stereocenters. The zero-order chi connectivity index (χ0) is 13.5. The van der Waals surface area contributed by atoms with Crippen LogP contribution in [0.4, 0.5) is 0 Å². The van der Waals surface area contributed by atoms with Gasteiger partial charge in [-0.2, -0.15) is 0 Å². The van der Waals surface area contributed by atoms with Gasteiger partial charge in [-0.3, -0.25) is 4.79 Å². The molecule has 3 N–H and O–H groups in total. The number of carbonyl (C=O) groups is 1. The van der Waals surface area contributed by atoms with E-state index in [-0.39, 0.29) is 12.5 Å². The summed E-state index contributed by atoms with van der Waals surface area (Å²) >= 11 is 0. The van der Waals surface area contributed by atoms with Gasteiger partial charge in [-0.15, -0.1) is 0 Å². The van der Waals surface area contributed by atoms with Crippen LogP contribution in [-0.2, 0) is 13.0 Å². The van der Waals surface area contributed by atoms with E-state index in [1.165, 1.54) is 11.1 Å². The monoisotopic (exact) mass is 262 g/mol. The highest BCUT2D eigenvalue weighted by molar-refractivity contribution is 5.94. The van der Waals surface area contributed by atoms with Crippen molar-refractivity contribution in [3.8, 4) is 0 Å². The lowest BCUT2D eigenvalue weighted by atomic mass is 9.98. The van der Waals surface area contributed by atoms with E-state index in [1.807, 2.05) is 18.2 Å². The molecule has 0 saturated heterocycles. The van der Waals surface area contributed by atoms with E-state index in [9.17, 15) is 4.79 Å². The van der Waals surface area contributed by atoms with Crippen LogP contribution in [0.1, 0.15) is 40.7 Å². The predicted octanol–water partition coefficient (Wildman–Crippen LogP) is 1.22. The molecule has 1 amide bonds. The molecule has 0 saturated carbocycles. The fourth-order valence-corrected chi connectivity index (χ4v) is 2.34. The maximum atomic E-state index is 12.0. The fourth-order valence-electron chi connectivity index (χ4n) is 2.34. The average Bonchev–Trinajstić information content (AvgIpc) is 2.46. The average molecular weight is 262 g/mol. The summed E-state index contributed by atoms with van der Waals surface area (Å²) in [5.74, 6) is 0.00494. The third-order valence-corrected chi connectivity index (χ3v) is 3.48. The summed E-state index contributed by atoms with van der Waals surface area (Å²) in [7, 11) is 0. The molecule has 0 radical (unpaired) electrons. The highest BCUT2D eigenvalue weighted by Gasteiger charge is 2.11. The molecule has 1 aliphatic rings. The van der Waals surface area contributed by atoms with Crippen LogP contribution in [0.3, 0.4) is 0 Å². The van der Waals surface area contributed by atoms with Gasteiger partial charge in [0.15, 0.2) is 0 Å².